The van der Waals surface area contributed by atoms with E-state index < -0.39 is 47.6 Å². The monoisotopic (exact) mass is 490 g/mol. The van der Waals surface area contributed by atoms with Crippen LogP contribution in [0.25, 0.3) is 0 Å². The molecule has 0 aliphatic carbocycles. The quantitative estimate of drug-likeness (QED) is 0.613. The number of rotatable bonds is 6. The lowest BCUT2D eigenvalue weighted by Gasteiger charge is -2.35. The van der Waals surface area contributed by atoms with Crippen molar-refractivity contribution in [3.05, 3.63) is 23.9 Å². The number of nitrogens with one attached hydrogen (secondary N) is 1. The lowest BCUT2D eigenvalue weighted by atomic mass is 9.90. The summed E-state index contributed by atoms with van der Waals surface area (Å²) >= 11 is 0. The van der Waals surface area contributed by atoms with Gasteiger partial charge in [-0.25, -0.2) is 14.6 Å². The maximum atomic E-state index is 13.8. The maximum Gasteiger partial charge on any atom is 0.410 e. The molecule has 0 aromatic carbocycles. The van der Waals surface area contributed by atoms with Crippen LogP contribution < -0.4 is 10.2 Å². The van der Waals surface area contributed by atoms with Gasteiger partial charge in [0.1, 0.15) is 29.5 Å². The Labute approximate surface area is 204 Å². The second-order valence-electron chi connectivity index (χ2n) is 9.96. The Bertz CT molecular complexity index is 971. The smallest absolute Gasteiger partial charge is 0.410 e. The van der Waals surface area contributed by atoms with Gasteiger partial charge in [-0.3, -0.25) is 19.4 Å². The summed E-state index contributed by atoms with van der Waals surface area (Å²) < 4.78 is 10.8. The topological polar surface area (TPSA) is 138 Å². The molecule has 1 saturated heterocycles. The normalized spacial score (nSPS) is 19.9. The lowest BCUT2D eigenvalue weighted by Crippen LogP contribution is -2.59. The fourth-order valence-corrected chi connectivity index (χ4v) is 4.23. The number of carboxylic acid groups (broad SMARTS) is 1. The van der Waals surface area contributed by atoms with Crippen LogP contribution in [-0.4, -0.2) is 82.9 Å². The summed E-state index contributed by atoms with van der Waals surface area (Å²) in [5.74, 6) is -2.21. The summed E-state index contributed by atoms with van der Waals surface area (Å²) in [6, 6.07) is 0.381. The molecule has 1 unspecified atom stereocenters. The fraction of sp³-hybridized carbons (Fsp3) is 0.625. The van der Waals surface area contributed by atoms with Gasteiger partial charge in [0.2, 0.25) is 5.91 Å². The van der Waals surface area contributed by atoms with Crippen LogP contribution in [0.1, 0.15) is 46.1 Å². The van der Waals surface area contributed by atoms with E-state index in [-0.39, 0.29) is 18.2 Å². The summed E-state index contributed by atoms with van der Waals surface area (Å²) in [5.41, 5.74) is -0.0762. The molecule has 3 atom stereocenters. The predicted octanol–water partition coefficient (Wildman–Crippen LogP) is 1.59. The third-order valence-electron chi connectivity index (χ3n) is 6.29. The van der Waals surface area contributed by atoms with Gasteiger partial charge in [0.25, 0.3) is 5.91 Å². The molecule has 3 amide bonds. The van der Waals surface area contributed by atoms with Crippen LogP contribution in [0.5, 0.6) is 0 Å². The standard InChI is InChI=1S/C24H34N4O7/c1-14(27(5)23(33)35-24(2,3)4)20(29)26-18(15-8-11-34-12-9-15)21(30)28-17(22(31)32)13-16-7-6-10-25-19(16)28/h6-7,10,14-15,17-18H,8-9,11-13H2,1-5H3,(H,26,29)(H,31,32)/t14-,17?,18-/m0/s1. The molecule has 2 aliphatic rings. The van der Waals surface area contributed by atoms with Gasteiger partial charge < -0.3 is 19.9 Å². The number of anilines is 1. The number of aliphatic carboxylic acids is 1. The highest BCUT2D eigenvalue weighted by molar-refractivity contribution is 6.05. The zero-order valence-corrected chi connectivity index (χ0v) is 20.8. The highest BCUT2D eigenvalue weighted by atomic mass is 16.6. The second kappa shape index (κ2) is 10.6. The van der Waals surface area contributed by atoms with E-state index >= 15 is 0 Å². The van der Waals surface area contributed by atoms with E-state index in [1.54, 1.807) is 32.9 Å². The van der Waals surface area contributed by atoms with Crippen LogP contribution in [0.15, 0.2) is 18.3 Å². The number of carboxylic acids is 1. The summed E-state index contributed by atoms with van der Waals surface area (Å²) in [4.78, 5) is 58.1. The number of nitrogens with zero attached hydrogens (tertiary/aromatic N) is 3. The Balaban J connectivity index is 1.85. The summed E-state index contributed by atoms with van der Waals surface area (Å²) in [6.07, 6.45) is 2.01. The Kier molecular flexibility index (Phi) is 7.99. The number of likely N-dealkylation sites (N-methyl/N-ethyl adjacent to an activating group) is 1. The van der Waals surface area contributed by atoms with Crippen molar-refractivity contribution >= 4 is 29.7 Å². The fourth-order valence-electron chi connectivity index (χ4n) is 4.23. The highest BCUT2D eigenvalue weighted by Crippen LogP contribution is 2.32. The third-order valence-corrected chi connectivity index (χ3v) is 6.29. The summed E-state index contributed by atoms with van der Waals surface area (Å²) in [7, 11) is 1.45. The second-order valence-corrected chi connectivity index (χ2v) is 9.96. The third kappa shape index (κ3) is 6.08. The van der Waals surface area contributed by atoms with E-state index in [2.05, 4.69) is 10.3 Å². The van der Waals surface area contributed by atoms with E-state index in [9.17, 15) is 24.3 Å². The minimum atomic E-state index is -1.15. The molecule has 0 saturated carbocycles. The molecule has 11 nitrogen and oxygen atoms in total. The van der Waals surface area contributed by atoms with E-state index in [0.717, 1.165) is 0 Å². The molecular weight excluding hydrogens is 456 g/mol. The van der Waals surface area contributed by atoms with Crippen molar-refractivity contribution in [2.45, 2.75) is 70.7 Å². The van der Waals surface area contributed by atoms with Gasteiger partial charge in [-0.1, -0.05) is 6.07 Å². The van der Waals surface area contributed by atoms with Crippen molar-refractivity contribution in [3.63, 3.8) is 0 Å². The van der Waals surface area contributed by atoms with Crippen LogP contribution in [0, 0.1) is 5.92 Å². The van der Waals surface area contributed by atoms with E-state index in [1.807, 2.05) is 0 Å². The molecule has 2 N–H and O–H groups in total. The number of ether oxygens (including phenoxy) is 2. The first-order chi connectivity index (χ1) is 16.4. The van der Waals surface area contributed by atoms with Gasteiger partial charge in [-0.15, -0.1) is 0 Å². The average Bonchev–Trinajstić information content (AvgIpc) is 3.20. The predicted molar refractivity (Wildman–Crippen MR) is 126 cm³/mol. The van der Waals surface area contributed by atoms with Crippen molar-refractivity contribution < 1.29 is 33.8 Å². The highest BCUT2D eigenvalue weighted by Gasteiger charge is 2.45. The van der Waals surface area contributed by atoms with Crippen LogP contribution in [-0.2, 0) is 30.3 Å². The molecule has 1 fully saturated rings. The Hall–Kier alpha value is -3.21. The van der Waals surface area contributed by atoms with Crippen molar-refractivity contribution in [1.29, 1.82) is 0 Å². The van der Waals surface area contributed by atoms with Crippen molar-refractivity contribution in [2.75, 3.05) is 25.2 Å². The first kappa shape index (κ1) is 26.4. The van der Waals surface area contributed by atoms with E-state index in [1.165, 1.54) is 30.0 Å². The molecule has 3 heterocycles. The number of pyridine rings is 1. The molecule has 1 aromatic heterocycles. The molecule has 0 radical (unpaired) electrons. The van der Waals surface area contributed by atoms with Crippen LogP contribution in [0.4, 0.5) is 10.6 Å². The number of amides is 3. The first-order valence-corrected chi connectivity index (χ1v) is 11.7. The minimum Gasteiger partial charge on any atom is -0.480 e. The Morgan fingerprint density at radius 3 is 2.51 bits per heavy atom. The summed E-state index contributed by atoms with van der Waals surface area (Å²) in [5, 5.41) is 12.6. The number of carbonyl (C=O) groups excluding carboxylic acids is 3. The largest absolute Gasteiger partial charge is 0.480 e. The number of fused-ring (bicyclic) bond motifs is 1. The van der Waals surface area contributed by atoms with E-state index in [0.29, 0.717) is 31.6 Å². The van der Waals surface area contributed by atoms with Crippen molar-refractivity contribution in [2.24, 2.45) is 5.92 Å². The number of carbonyl (C=O) groups is 4. The lowest BCUT2D eigenvalue weighted by molar-refractivity contribution is -0.140. The van der Waals surface area contributed by atoms with Crippen LogP contribution >= 0.6 is 0 Å². The van der Waals surface area contributed by atoms with Gasteiger partial charge in [0.05, 0.1) is 0 Å². The number of hydrogen-bond acceptors (Lipinski definition) is 7. The van der Waals surface area contributed by atoms with Crippen LogP contribution in [0.3, 0.4) is 0 Å². The first-order valence-electron chi connectivity index (χ1n) is 11.7. The maximum absolute atomic E-state index is 13.8. The molecule has 11 heteroatoms. The average molecular weight is 491 g/mol. The van der Waals surface area contributed by atoms with Crippen molar-refractivity contribution in [1.82, 2.24) is 15.2 Å². The van der Waals surface area contributed by atoms with Gasteiger partial charge >= 0.3 is 12.1 Å². The van der Waals surface area contributed by atoms with E-state index in [4.69, 9.17) is 9.47 Å². The molecule has 3 rings (SSSR count). The van der Waals surface area contributed by atoms with Crippen LogP contribution in [0.2, 0.25) is 0 Å². The molecule has 0 spiro atoms. The van der Waals surface area contributed by atoms with Gasteiger partial charge in [0, 0.05) is 32.9 Å². The molecular formula is C24H34N4O7. The Morgan fingerprint density at radius 1 is 1.26 bits per heavy atom. The van der Waals surface area contributed by atoms with Gasteiger partial charge in [-0.05, 0) is 58.1 Å². The summed E-state index contributed by atoms with van der Waals surface area (Å²) in [6.45, 7) is 7.57. The molecule has 192 valence electrons. The van der Waals surface area contributed by atoms with Gasteiger partial charge in [-0.2, -0.15) is 0 Å². The zero-order valence-electron chi connectivity index (χ0n) is 20.8. The minimum absolute atomic E-state index is 0.135. The SMILES string of the molecule is C[C@@H](C(=O)N[C@H](C(=O)N1c2ncccc2CC1C(=O)O)C1CCOCC1)N(C)C(=O)OC(C)(C)C. The molecule has 1 aromatic rings. The molecule has 0 bridgehead atoms. The zero-order chi connectivity index (χ0) is 25.9. The number of aromatic nitrogens is 1. The van der Waals surface area contributed by atoms with Crippen molar-refractivity contribution in [3.8, 4) is 0 Å². The number of hydrogen-bond donors (Lipinski definition) is 2. The molecule has 2 aliphatic heterocycles. The Morgan fingerprint density at radius 2 is 1.91 bits per heavy atom. The van der Waals surface area contributed by atoms with Gasteiger partial charge in [0.15, 0.2) is 0 Å². The molecule has 35 heavy (non-hydrogen) atoms.